The molecular weight excluding hydrogens is 330 g/mol. The number of aryl methyl sites for hydroxylation is 2. The first-order valence-corrected chi connectivity index (χ1v) is 9.40. The molecule has 0 aliphatic rings. The van der Waals surface area contributed by atoms with E-state index in [0.29, 0.717) is 5.56 Å². The Bertz CT molecular complexity index is 856. The van der Waals surface area contributed by atoms with E-state index in [1.54, 1.807) is 12.1 Å². The van der Waals surface area contributed by atoms with Crippen molar-refractivity contribution < 1.29 is 17.6 Å². The Morgan fingerprint density at radius 3 is 2.33 bits per heavy atom. The molecule has 0 fully saturated rings. The molecule has 130 valence electrons. The maximum absolute atomic E-state index is 12.5. The molecule has 24 heavy (non-hydrogen) atoms. The Balaban J connectivity index is 2.27. The van der Waals surface area contributed by atoms with Gasteiger partial charge < -0.3 is 9.73 Å². The molecule has 0 bridgehead atoms. The van der Waals surface area contributed by atoms with Crippen molar-refractivity contribution in [2.45, 2.75) is 39.0 Å². The molecule has 0 saturated carbocycles. The summed E-state index contributed by atoms with van der Waals surface area (Å²) in [5.41, 5.74) is 2.63. The molecule has 0 saturated heterocycles. The third-order valence-corrected chi connectivity index (χ3v) is 4.53. The number of carbonyl (C=O) groups is 1. The summed E-state index contributed by atoms with van der Waals surface area (Å²) in [5.74, 6) is -0.271. The van der Waals surface area contributed by atoms with Crippen molar-refractivity contribution in [1.29, 1.82) is 0 Å². The molecule has 1 aromatic carbocycles. The number of benzene rings is 1. The molecule has 0 unspecified atom stereocenters. The number of carbonyl (C=O) groups excluding carboxylic acids is 1. The smallest absolute Gasteiger partial charge is 0.335 e. The van der Waals surface area contributed by atoms with Crippen LogP contribution in [0, 0.1) is 19.8 Å². The third kappa shape index (κ3) is 4.00. The standard InChI is InChI=1S/C16H21N3O4S/c1-9(2)13(15-18-19-16(23-15)24(5,21)22)17-14(20)12-7-6-10(3)11(4)8-12/h6-9,13H,1-5H3,(H,17,20)/t13-/m0/s1. The predicted molar refractivity (Wildman–Crippen MR) is 88.4 cm³/mol. The zero-order valence-corrected chi connectivity index (χ0v) is 15.1. The zero-order valence-electron chi connectivity index (χ0n) is 14.3. The maximum atomic E-state index is 12.5. The molecule has 0 aliphatic heterocycles. The molecule has 7 nitrogen and oxygen atoms in total. The van der Waals surface area contributed by atoms with E-state index in [0.717, 1.165) is 17.4 Å². The molecule has 1 N–H and O–H groups in total. The van der Waals surface area contributed by atoms with Crippen molar-refractivity contribution >= 4 is 15.7 Å². The number of aromatic nitrogens is 2. The van der Waals surface area contributed by atoms with Gasteiger partial charge in [0.1, 0.15) is 6.04 Å². The number of amides is 1. The second-order valence-corrected chi connectivity index (χ2v) is 8.07. The fraction of sp³-hybridized carbons (Fsp3) is 0.438. The van der Waals surface area contributed by atoms with E-state index < -0.39 is 21.1 Å². The van der Waals surface area contributed by atoms with E-state index in [2.05, 4.69) is 15.5 Å². The highest BCUT2D eigenvalue weighted by atomic mass is 32.2. The molecule has 0 radical (unpaired) electrons. The molecule has 0 spiro atoms. The van der Waals surface area contributed by atoms with Gasteiger partial charge in [0, 0.05) is 11.8 Å². The van der Waals surface area contributed by atoms with Crippen molar-refractivity contribution in [3.05, 3.63) is 40.8 Å². The minimum atomic E-state index is -3.59. The van der Waals surface area contributed by atoms with Gasteiger partial charge in [-0.05, 0) is 43.0 Å². The van der Waals surface area contributed by atoms with Crippen LogP contribution in [0.3, 0.4) is 0 Å². The van der Waals surface area contributed by atoms with Crippen molar-refractivity contribution in [1.82, 2.24) is 15.5 Å². The predicted octanol–water partition coefficient (Wildman–Crippen LogP) is 2.22. The second-order valence-electron chi connectivity index (χ2n) is 6.17. The third-order valence-electron chi connectivity index (χ3n) is 3.73. The first-order chi connectivity index (χ1) is 11.1. The number of sulfone groups is 1. The highest BCUT2D eigenvalue weighted by Gasteiger charge is 2.27. The molecular formula is C16H21N3O4S. The molecule has 1 atom stereocenters. The van der Waals surface area contributed by atoms with Gasteiger partial charge in [-0.1, -0.05) is 25.0 Å². The fourth-order valence-corrected chi connectivity index (χ4v) is 2.54. The van der Waals surface area contributed by atoms with E-state index in [4.69, 9.17) is 4.42 Å². The Labute approximate surface area is 141 Å². The van der Waals surface area contributed by atoms with Crippen molar-refractivity contribution in [3.8, 4) is 0 Å². The van der Waals surface area contributed by atoms with Gasteiger partial charge >= 0.3 is 5.22 Å². The van der Waals surface area contributed by atoms with Crippen LogP contribution in [-0.2, 0) is 9.84 Å². The fourth-order valence-electron chi connectivity index (χ4n) is 2.12. The van der Waals surface area contributed by atoms with Crippen molar-refractivity contribution in [3.63, 3.8) is 0 Å². The number of rotatable bonds is 5. The van der Waals surface area contributed by atoms with Gasteiger partial charge in [0.2, 0.25) is 15.7 Å². The number of nitrogens with one attached hydrogen (secondary N) is 1. The lowest BCUT2D eigenvalue weighted by Crippen LogP contribution is -2.32. The largest absolute Gasteiger partial charge is 0.410 e. The van der Waals surface area contributed by atoms with Gasteiger partial charge in [-0.25, -0.2) is 8.42 Å². The topological polar surface area (TPSA) is 102 Å². The van der Waals surface area contributed by atoms with Crippen LogP contribution in [0.5, 0.6) is 0 Å². The van der Waals surface area contributed by atoms with Gasteiger partial charge in [-0.15, -0.1) is 5.10 Å². The first kappa shape index (κ1) is 18.1. The quantitative estimate of drug-likeness (QED) is 0.886. The summed E-state index contributed by atoms with van der Waals surface area (Å²) in [6, 6.07) is 4.84. The summed E-state index contributed by atoms with van der Waals surface area (Å²) in [4.78, 5) is 12.5. The van der Waals surface area contributed by atoms with Crippen LogP contribution < -0.4 is 5.32 Å². The summed E-state index contributed by atoms with van der Waals surface area (Å²) in [6.45, 7) is 7.65. The van der Waals surface area contributed by atoms with Crippen LogP contribution in [0.2, 0.25) is 0 Å². The molecule has 8 heteroatoms. The summed E-state index contributed by atoms with van der Waals surface area (Å²) >= 11 is 0. The zero-order chi connectivity index (χ0) is 18.1. The molecule has 1 heterocycles. The average molecular weight is 351 g/mol. The Kier molecular flexibility index (Phi) is 5.08. The van der Waals surface area contributed by atoms with Crippen LogP contribution in [0.4, 0.5) is 0 Å². The lowest BCUT2D eigenvalue weighted by Gasteiger charge is -2.19. The second kappa shape index (κ2) is 6.72. The van der Waals surface area contributed by atoms with Gasteiger partial charge in [0.05, 0.1) is 0 Å². The first-order valence-electron chi connectivity index (χ1n) is 7.51. The average Bonchev–Trinajstić information content (AvgIpc) is 2.96. The summed E-state index contributed by atoms with van der Waals surface area (Å²) in [6.07, 6.45) is 0.988. The van der Waals surface area contributed by atoms with E-state index >= 15 is 0 Å². The van der Waals surface area contributed by atoms with Crippen LogP contribution in [0.15, 0.2) is 27.8 Å². The molecule has 1 amide bonds. The Morgan fingerprint density at radius 1 is 1.17 bits per heavy atom. The highest BCUT2D eigenvalue weighted by molar-refractivity contribution is 7.90. The van der Waals surface area contributed by atoms with E-state index in [-0.39, 0.29) is 17.7 Å². The lowest BCUT2D eigenvalue weighted by atomic mass is 10.0. The molecule has 0 aliphatic carbocycles. The molecule has 1 aromatic heterocycles. The number of hydrogen-bond acceptors (Lipinski definition) is 6. The van der Waals surface area contributed by atoms with E-state index in [1.165, 1.54) is 0 Å². The van der Waals surface area contributed by atoms with Gasteiger partial charge in [0.25, 0.3) is 5.91 Å². The van der Waals surface area contributed by atoms with E-state index in [9.17, 15) is 13.2 Å². The van der Waals surface area contributed by atoms with Crippen molar-refractivity contribution in [2.24, 2.45) is 5.92 Å². The molecule has 2 aromatic rings. The lowest BCUT2D eigenvalue weighted by molar-refractivity contribution is 0.0915. The van der Waals surface area contributed by atoms with Gasteiger partial charge in [-0.3, -0.25) is 4.79 Å². The Hall–Kier alpha value is -2.22. The number of hydrogen-bond donors (Lipinski definition) is 1. The SMILES string of the molecule is Cc1ccc(C(=O)N[C@H](c2nnc(S(C)(=O)=O)o2)C(C)C)cc1C. The summed E-state index contributed by atoms with van der Waals surface area (Å²) in [5, 5.41) is 9.69. The van der Waals surface area contributed by atoms with Gasteiger partial charge in [0.15, 0.2) is 0 Å². The van der Waals surface area contributed by atoms with Gasteiger partial charge in [-0.2, -0.15) is 0 Å². The highest BCUT2D eigenvalue weighted by Crippen LogP contribution is 2.22. The molecule has 2 rings (SSSR count). The van der Waals surface area contributed by atoms with Crippen LogP contribution >= 0.6 is 0 Å². The maximum Gasteiger partial charge on any atom is 0.335 e. The monoisotopic (exact) mass is 351 g/mol. The normalized spacial score (nSPS) is 13.1. The van der Waals surface area contributed by atoms with Crippen LogP contribution in [0.25, 0.3) is 0 Å². The minimum absolute atomic E-state index is 0.0617. The van der Waals surface area contributed by atoms with Crippen LogP contribution in [0.1, 0.15) is 47.3 Å². The minimum Gasteiger partial charge on any atom is -0.410 e. The van der Waals surface area contributed by atoms with E-state index in [1.807, 2.05) is 33.8 Å². The summed E-state index contributed by atoms with van der Waals surface area (Å²) < 4.78 is 28.2. The van der Waals surface area contributed by atoms with Crippen molar-refractivity contribution in [2.75, 3.05) is 6.26 Å². The van der Waals surface area contributed by atoms with Crippen LogP contribution in [-0.4, -0.2) is 30.8 Å². The Morgan fingerprint density at radius 2 is 1.83 bits per heavy atom. The summed E-state index contributed by atoms with van der Waals surface area (Å²) in [7, 11) is -3.59. The number of nitrogens with zero attached hydrogens (tertiary/aromatic N) is 2.